The van der Waals surface area contributed by atoms with Gasteiger partial charge in [0, 0.05) is 17.5 Å². The van der Waals surface area contributed by atoms with Crippen LogP contribution < -0.4 is 5.32 Å². The number of anilines is 1. The van der Waals surface area contributed by atoms with Gasteiger partial charge in [0.1, 0.15) is 5.82 Å². The minimum atomic E-state index is 0.624. The number of rotatable bonds is 2. The van der Waals surface area contributed by atoms with Crippen molar-refractivity contribution in [2.45, 2.75) is 19.4 Å². The summed E-state index contributed by atoms with van der Waals surface area (Å²) in [6.45, 7) is 2.02. The molecule has 0 saturated carbocycles. The second-order valence-corrected chi connectivity index (χ2v) is 4.52. The minimum absolute atomic E-state index is 0.624. The molecule has 3 heteroatoms. The van der Waals surface area contributed by atoms with Gasteiger partial charge in [0.25, 0.3) is 0 Å². The smallest absolute Gasteiger partial charge is 0.126 e. The zero-order chi connectivity index (χ0) is 9.10. The predicted molar refractivity (Wildman–Crippen MR) is 58.3 cm³/mol. The first-order chi connectivity index (χ1) is 6.34. The van der Waals surface area contributed by atoms with Crippen molar-refractivity contribution in [2.24, 2.45) is 0 Å². The third kappa shape index (κ3) is 2.37. The fraction of sp³-hybridized carbons (Fsp3) is 0.500. The standard InChI is InChI=1S/C10H14N2S/c1-8-3-2-4-10(11-8)12-9-5-6-13-7-9/h2-4,9H,5-7H2,1H3,(H,11,12). The molecule has 1 aromatic rings. The highest BCUT2D eigenvalue weighted by Gasteiger charge is 2.14. The van der Waals surface area contributed by atoms with Gasteiger partial charge in [-0.15, -0.1) is 0 Å². The van der Waals surface area contributed by atoms with E-state index in [1.807, 2.05) is 36.9 Å². The predicted octanol–water partition coefficient (Wildman–Crippen LogP) is 2.31. The van der Waals surface area contributed by atoms with E-state index >= 15 is 0 Å². The second kappa shape index (κ2) is 4.01. The fourth-order valence-electron chi connectivity index (χ4n) is 1.48. The van der Waals surface area contributed by atoms with E-state index in [1.165, 1.54) is 17.9 Å². The lowest BCUT2D eigenvalue weighted by molar-refractivity contribution is 0.806. The molecule has 2 heterocycles. The van der Waals surface area contributed by atoms with E-state index in [9.17, 15) is 0 Å². The highest BCUT2D eigenvalue weighted by molar-refractivity contribution is 7.99. The summed E-state index contributed by atoms with van der Waals surface area (Å²) in [5, 5.41) is 3.45. The lowest BCUT2D eigenvalue weighted by Gasteiger charge is -2.11. The molecule has 1 N–H and O–H groups in total. The number of pyridine rings is 1. The third-order valence-corrected chi connectivity index (χ3v) is 3.33. The Balaban J connectivity index is 2.00. The molecular formula is C10H14N2S. The molecule has 0 radical (unpaired) electrons. The first-order valence-corrected chi connectivity index (χ1v) is 5.78. The summed E-state index contributed by atoms with van der Waals surface area (Å²) < 4.78 is 0. The summed E-state index contributed by atoms with van der Waals surface area (Å²) in [4.78, 5) is 4.42. The van der Waals surface area contributed by atoms with Crippen molar-refractivity contribution in [3.63, 3.8) is 0 Å². The van der Waals surface area contributed by atoms with Gasteiger partial charge in [-0.2, -0.15) is 11.8 Å². The lowest BCUT2D eigenvalue weighted by atomic mass is 10.2. The van der Waals surface area contributed by atoms with Crippen LogP contribution in [-0.2, 0) is 0 Å². The number of aromatic nitrogens is 1. The van der Waals surface area contributed by atoms with Crippen LogP contribution in [0.25, 0.3) is 0 Å². The number of hydrogen-bond donors (Lipinski definition) is 1. The molecule has 2 rings (SSSR count). The van der Waals surface area contributed by atoms with Crippen molar-refractivity contribution in [3.05, 3.63) is 23.9 Å². The zero-order valence-corrected chi connectivity index (χ0v) is 8.60. The normalized spacial score (nSPS) is 21.8. The minimum Gasteiger partial charge on any atom is -0.366 e. The fourth-order valence-corrected chi connectivity index (χ4v) is 2.63. The van der Waals surface area contributed by atoms with Crippen molar-refractivity contribution in [2.75, 3.05) is 16.8 Å². The molecule has 13 heavy (non-hydrogen) atoms. The average molecular weight is 194 g/mol. The molecule has 1 saturated heterocycles. The summed E-state index contributed by atoms with van der Waals surface area (Å²) in [6, 6.07) is 6.73. The van der Waals surface area contributed by atoms with Crippen LogP contribution in [0.4, 0.5) is 5.82 Å². The molecule has 0 amide bonds. The Morgan fingerprint density at radius 2 is 2.46 bits per heavy atom. The van der Waals surface area contributed by atoms with Gasteiger partial charge in [-0.1, -0.05) is 6.07 Å². The molecule has 1 atom stereocenters. The quantitative estimate of drug-likeness (QED) is 0.782. The number of aryl methyl sites for hydroxylation is 1. The maximum absolute atomic E-state index is 4.42. The number of nitrogens with one attached hydrogen (secondary N) is 1. The zero-order valence-electron chi connectivity index (χ0n) is 7.79. The summed E-state index contributed by atoms with van der Waals surface area (Å²) in [5.41, 5.74) is 1.08. The molecule has 0 bridgehead atoms. The van der Waals surface area contributed by atoms with E-state index in [4.69, 9.17) is 0 Å². The van der Waals surface area contributed by atoms with Gasteiger partial charge in [-0.05, 0) is 31.2 Å². The van der Waals surface area contributed by atoms with E-state index in [2.05, 4.69) is 10.3 Å². The molecular weight excluding hydrogens is 180 g/mol. The molecule has 0 spiro atoms. The van der Waals surface area contributed by atoms with Crippen molar-refractivity contribution < 1.29 is 0 Å². The van der Waals surface area contributed by atoms with Gasteiger partial charge in [0.2, 0.25) is 0 Å². The van der Waals surface area contributed by atoms with Crippen LogP contribution in [0, 0.1) is 6.92 Å². The molecule has 0 aliphatic carbocycles. The average Bonchev–Trinajstić information content (AvgIpc) is 2.57. The van der Waals surface area contributed by atoms with E-state index in [0.29, 0.717) is 6.04 Å². The van der Waals surface area contributed by atoms with Gasteiger partial charge in [0.05, 0.1) is 0 Å². The van der Waals surface area contributed by atoms with E-state index in [-0.39, 0.29) is 0 Å². The number of nitrogens with zero attached hydrogens (tertiary/aromatic N) is 1. The number of thioether (sulfide) groups is 1. The number of hydrogen-bond acceptors (Lipinski definition) is 3. The Hall–Kier alpha value is -0.700. The molecule has 0 aromatic carbocycles. The summed E-state index contributed by atoms with van der Waals surface area (Å²) in [7, 11) is 0. The Bertz CT molecular complexity index is 282. The van der Waals surface area contributed by atoms with Gasteiger partial charge in [-0.3, -0.25) is 0 Å². The van der Waals surface area contributed by atoms with Crippen LogP contribution in [0.3, 0.4) is 0 Å². The molecule has 1 unspecified atom stereocenters. The van der Waals surface area contributed by atoms with Crippen LogP contribution in [0.5, 0.6) is 0 Å². The Morgan fingerprint density at radius 3 is 3.15 bits per heavy atom. The molecule has 1 aromatic heterocycles. The summed E-state index contributed by atoms with van der Waals surface area (Å²) >= 11 is 2.02. The van der Waals surface area contributed by atoms with Crippen LogP contribution in [-0.4, -0.2) is 22.5 Å². The van der Waals surface area contributed by atoms with Crippen LogP contribution >= 0.6 is 11.8 Å². The van der Waals surface area contributed by atoms with Crippen molar-refractivity contribution in [1.29, 1.82) is 0 Å². The van der Waals surface area contributed by atoms with Crippen molar-refractivity contribution in [3.8, 4) is 0 Å². The Labute approximate surface area is 83.1 Å². The van der Waals surface area contributed by atoms with E-state index in [1.54, 1.807) is 0 Å². The van der Waals surface area contributed by atoms with Crippen molar-refractivity contribution >= 4 is 17.6 Å². The topological polar surface area (TPSA) is 24.9 Å². The third-order valence-electron chi connectivity index (χ3n) is 2.17. The van der Waals surface area contributed by atoms with Gasteiger partial charge >= 0.3 is 0 Å². The second-order valence-electron chi connectivity index (χ2n) is 3.37. The highest BCUT2D eigenvalue weighted by atomic mass is 32.2. The first-order valence-electron chi connectivity index (χ1n) is 4.62. The van der Waals surface area contributed by atoms with Crippen LogP contribution in [0.1, 0.15) is 12.1 Å². The summed E-state index contributed by atoms with van der Waals surface area (Å²) in [5.74, 6) is 3.52. The monoisotopic (exact) mass is 194 g/mol. The van der Waals surface area contributed by atoms with Gasteiger partial charge in [0.15, 0.2) is 0 Å². The van der Waals surface area contributed by atoms with Gasteiger partial charge < -0.3 is 5.32 Å². The maximum Gasteiger partial charge on any atom is 0.126 e. The lowest BCUT2D eigenvalue weighted by Crippen LogP contribution is -2.18. The molecule has 1 aliphatic heterocycles. The van der Waals surface area contributed by atoms with Crippen LogP contribution in [0.2, 0.25) is 0 Å². The first kappa shape index (κ1) is 8.88. The van der Waals surface area contributed by atoms with Crippen LogP contribution in [0.15, 0.2) is 18.2 Å². The Morgan fingerprint density at radius 1 is 1.54 bits per heavy atom. The molecule has 1 aliphatic rings. The molecule has 70 valence electrons. The summed E-state index contributed by atoms with van der Waals surface area (Å²) in [6.07, 6.45) is 1.26. The largest absolute Gasteiger partial charge is 0.366 e. The Kier molecular flexibility index (Phi) is 2.74. The SMILES string of the molecule is Cc1cccc(NC2CCSC2)n1. The van der Waals surface area contributed by atoms with E-state index < -0.39 is 0 Å². The maximum atomic E-state index is 4.42. The molecule has 1 fully saturated rings. The molecule has 2 nitrogen and oxygen atoms in total. The highest BCUT2D eigenvalue weighted by Crippen LogP contribution is 2.20. The van der Waals surface area contributed by atoms with E-state index in [0.717, 1.165) is 11.5 Å². The van der Waals surface area contributed by atoms with Crippen molar-refractivity contribution in [1.82, 2.24) is 4.98 Å². The van der Waals surface area contributed by atoms with Gasteiger partial charge in [-0.25, -0.2) is 4.98 Å².